The summed E-state index contributed by atoms with van der Waals surface area (Å²) in [6.45, 7) is 7.89. The zero-order valence-corrected chi connectivity index (χ0v) is 14.2. The second-order valence-corrected chi connectivity index (χ2v) is 6.76. The van der Waals surface area contributed by atoms with Gasteiger partial charge in [0.2, 0.25) is 0 Å². The van der Waals surface area contributed by atoms with Crippen molar-refractivity contribution in [3.8, 4) is 0 Å². The molecule has 21 heavy (non-hydrogen) atoms. The Kier molecular flexibility index (Phi) is 6.76. The van der Waals surface area contributed by atoms with Gasteiger partial charge in [-0.1, -0.05) is 70.7 Å². The fraction of sp³-hybridized carbons (Fsp3) is 0.700. The molecule has 2 rings (SSSR count). The summed E-state index contributed by atoms with van der Waals surface area (Å²) < 4.78 is 0. The first-order chi connectivity index (χ1) is 10.3. The molecule has 118 valence electrons. The lowest BCUT2D eigenvalue weighted by Gasteiger charge is -2.28. The lowest BCUT2D eigenvalue weighted by Crippen LogP contribution is -2.28. The number of benzene rings is 1. The molecule has 0 aliphatic heterocycles. The molecule has 0 amide bonds. The third-order valence-electron chi connectivity index (χ3n) is 5.27. The zero-order chi connectivity index (χ0) is 15.1. The van der Waals surface area contributed by atoms with Gasteiger partial charge in [-0.15, -0.1) is 0 Å². The van der Waals surface area contributed by atoms with Gasteiger partial charge in [0.05, 0.1) is 0 Å². The summed E-state index contributed by atoms with van der Waals surface area (Å²) in [4.78, 5) is 0. The minimum Gasteiger partial charge on any atom is -0.310 e. The van der Waals surface area contributed by atoms with Crippen molar-refractivity contribution in [1.82, 2.24) is 5.32 Å². The molecule has 1 fully saturated rings. The standard InChI is InChI=1S/C20H33N/c1-4-16(3)17-12-14-19(15-13-17)20(21-5-2)18-10-8-6-7-9-11-18/h12-16,18,20-21H,4-11H2,1-3H3. The number of nitrogens with one attached hydrogen (secondary N) is 1. The van der Waals surface area contributed by atoms with E-state index < -0.39 is 0 Å². The molecule has 1 N–H and O–H groups in total. The molecule has 1 heteroatoms. The van der Waals surface area contributed by atoms with Crippen LogP contribution in [0.3, 0.4) is 0 Å². The molecule has 1 aromatic rings. The van der Waals surface area contributed by atoms with Crippen LogP contribution in [0.4, 0.5) is 0 Å². The molecule has 1 aliphatic carbocycles. The predicted octanol–water partition coefficient (Wildman–Crippen LogP) is 5.82. The van der Waals surface area contributed by atoms with Crippen LogP contribution in [0.15, 0.2) is 24.3 Å². The van der Waals surface area contributed by atoms with Crippen molar-refractivity contribution in [3.63, 3.8) is 0 Å². The Labute approximate surface area is 131 Å². The van der Waals surface area contributed by atoms with Crippen molar-refractivity contribution in [2.75, 3.05) is 6.54 Å². The van der Waals surface area contributed by atoms with Gasteiger partial charge in [0, 0.05) is 6.04 Å². The monoisotopic (exact) mass is 287 g/mol. The molecule has 0 saturated heterocycles. The highest BCUT2D eigenvalue weighted by Crippen LogP contribution is 2.34. The molecular weight excluding hydrogens is 254 g/mol. The highest BCUT2D eigenvalue weighted by Gasteiger charge is 2.23. The topological polar surface area (TPSA) is 12.0 Å². The van der Waals surface area contributed by atoms with Crippen LogP contribution in [-0.4, -0.2) is 6.54 Å². The Morgan fingerprint density at radius 1 is 0.952 bits per heavy atom. The van der Waals surface area contributed by atoms with Crippen molar-refractivity contribution in [3.05, 3.63) is 35.4 Å². The van der Waals surface area contributed by atoms with Gasteiger partial charge >= 0.3 is 0 Å². The maximum Gasteiger partial charge on any atom is 0.0348 e. The second-order valence-electron chi connectivity index (χ2n) is 6.76. The lowest BCUT2D eigenvalue weighted by atomic mass is 9.86. The van der Waals surface area contributed by atoms with Crippen LogP contribution < -0.4 is 5.32 Å². The summed E-state index contributed by atoms with van der Waals surface area (Å²) in [6, 6.07) is 10.0. The molecule has 0 radical (unpaired) electrons. The first kappa shape index (κ1) is 16.5. The Morgan fingerprint density at radius 2 is 1.52 bits per heavy atom. The van der Waals surface area contributed by atoms with E-state index in [1.54, 1.807) is 0 Å². The van der Waals surface area contributed by atoms with Crippen molar-refractivity contribution >= 4 is 0 Å². The molecule has 2 unspecified atom stereocenters. The molecular formula is C20H33N. The average Bonchev–Trinajstić information content (AvgIpc) is 2.81. The van der Waals surface area contributed by atoms with Crippen LogP contribution in [0.5, 0.6) is 0 Å². The van der Waals surface area contributed by atoms with E-state index >= 15 is 0 Å². The Bertz CT molecular complexity index is 387. The van der Waals surface area contributed by atoms with Gasteiger partial charge in [-0.05, 0) is 48.8 Å². The van der Waals surface area contributed by atoms with Gasteiger partial charge in [-0.2, -0.15) is 0 Å². The van der Waals surface area contributed by atoms with E-state index in [1.807, 2.05) is 0 Å². The lowest BCUT2D eigenvalue weighted by molar-refractivity contribution is 0.330. The molecule has 2 atom stereocenters. The molecule has 1 saturated carbocycles. The Morgan fingerprint density at radius 3 is 2.05 bits per heavy atom. The number of rotatable bonds is 6. The molecule has 0 aromatic heterocycles. The summed E-state index contributed by atoms with van der Waals surface area (Å²) in [5.74, 6) is 1.50. The average molecular weight is 287 g/mol. The first-order valence-electron chi connectivity index (χ1n) is 9.09. The van der Waals surface area contributed by atoms with Crippen molar-refractivity contribution in [1.29, 1.82) is 0 Å². The van der Waals surface area contributed by atoms with E-state index in [0.29, 0.717) is 12.0 Å². The smallest absolute Gasteiger partial charge is 0.0348 e. The van der Waals surface area contributed by atoms with Gasteiger partial charge in [-0.25, -0.2) is 0 Å². The van der Waals surface area contributed by atoms with Gasteiger partial charge in [0.15, 0.2) is 0 Å². The largest absolute Gasteiger partial charge is 0.310 e. The van der Waals surface area contributed by atoms with Gasteiger partial charge in [-0.3, -0.25) is 0 Å². The third-order valence-corrected chi connectivity index (χ3v) is 5.27. The van der Waals surface area contributed by atoms with Crippen LogP contribution in [0.25, 0.3) is 0 Å². The van der Waals surface area contributed by atoms with Crippen LogP contribution in [0.2, 0.25) is 0 Å². The van der Waals surface area contributed by atoms with Crippen molar-refractivity contribution in [2.24, 2.45) is 5.92 Å². The van der Waals surface area contributed by atoms with Crippen LogP contribution in [-0.2, 0) is 0 Å². The van der Waals surface area contributed by atoms with Crippen LogP contribution in [0, 0.1) is 5.92 Å². The highest BCUT2D eigenvalue weighted by atomic mass is 14.9. The molecule has 1 nitrogen and oxygen atoms in total. The first-order valence-corrected chi connectivity index (χ1v) is 9.09. The summed E-state index contributed by atoms with van der Waals surface area (Å²) in [5.41, 5.74) is 2.98. The molecule has 0 spiro atoms. The predicted molar refractivity (Wildman–Crippen MR) is 92.8 cm³/mol. The second kappa shape index (κ2) is 8.58. The van der Waals surface area contributed by atoms with Crippen LogP contribution >= 0.6 is 0 Å². The fourth-order valence-corrected chi connectivity index (χ4v) is 3.69. The van der Waals surface area contributed by atoms with Crippen molar-refractivity contribution in [2.45, 2.75) is 77.7 Å². The Hall–Kier alpha value is -0.820. The third kappa shape index (κ3) is 4.57. The van der Waals surface area contributed by atoms with E-state index in [-0.39, 0.29) is 0 Å². The minimum atomic E-state index is 0.555. The SMILES string of the molecule is CCNC(c1ccc(C(C)CC)cc1)C1CCCCCC1. The van der Waals surface area contributed by atoms with Crippen LogP contribution in [0.1, 0.15) is 88.8 Å². The van der Waals surface area contributed by atoms with E-state index in [0.717, 1.165) is 12.5 Å². The molecule has 1 aliphatic rings. The maximum atomic E-state index is 3.76. The van der Waals surface area contributed by atoms with E-state index in [4.69, 9.17) is 0 Å². The van der Waals surface area contributed by atoms with E-state index in [9.17, 15) is 0 Å². The van der Waals surface area contributed by atoms with Crippen molar-refractivity contribution < 1.29 is 0 Å². The molecule has 0 bridgehead atoms. The zero-order valence-electron chi connectivity index (χ0n) is 14.2. The number of hydrogen-bond donors (Lipinski definition) is 1. The Balaban J connectivity index is 2.12. The molecule has 0 heterocycles. The summed E-state index contributed by atoms with van der Waals surface area (Å²) >= 11 is 0. The summed E-state index contributed by atoms with van der Waals surface area (Å²) in [5, 5.41) is 3.76. The quantitative estimate of drug-likeness (QED) is 0.650. The maximum absolute atomic E-state index is 3.76. The summed E-state index contributed by atoms with van der Waals surface area (Å²) in [6.07, 6.45) is 9.70. The highest BCUT2D eigenvalue weighted by molar-refractivity contribution is 5.27. The fourth-order valence-electron chi connectivity index (χ4n) is 3.69. The van der Waals surface area contributed by atoms with Gasteiger partial charge in [0.1, 0.15) is 0 Å². The van der Waals surface area contributed by atoms with E-state index in [1.165, 1.54) is 56.1 Å². The van der Waals surface area contributed by atoms with Gasteiger partial charge < -0.3 is 5.32 Å². The van der Waals surface area contributed by atoms with Gasteiger partial charge in [0.25, 0.3) is 0 Å². The number of hydrogen-bond acceptors (Lipinski definition) is 1. The normalized spacial score (nSPS) is 20.0. The summed E-state index contributed by atoms with van der Waals surface area (Å²) in [7, 11) is 0. The van der Waals surface area contributed by atoms with E-state index in [2.05, 4.69) is 50.4 Å². The minimum absolute atomic E-state index is 0.555. The molecule has 1 aromatic carbocycles.